The molecule has 1 aromatic heterocycles. The third-order valence-electron chi connectivity index (χ3n) is 4.96. The van der Waals surface area contributed by atoms with Gasteiger partial charge < -0.3 is 5.32 Å². The molecular weight excluding hydrogens is 451 g/mol. The fraction of sp³-hybridized carbons (Fsp3) is 0.316. The van der Waals surface area contributed by atoms with E-state index in [1.54, 1.807) is 0 Å². The van der Waals surface area contributed by atoms with Crippen LogP contribution in [0, 0.1) is 5.92 Å². The van der Waals surface area contributed by atoms with Crippen LogP contribution in [0.3, 0.4) is 0 Å². The normalized spacial score (nSPS) is 20.8. The van der Waals surface area contributed by atoms with Gasteiger partial charge >= 0.3 is 0 Å². The molecule has 2 aliphatic rings. The maximum Gasteiger partial charge on any atom is 0.0565 e. The summed E-state index contributed by atoms with van der Waals surface area (Å²) in [6.45, 7) is 2.15. The smallest absolute Gasteiger partial charge is 0.0565 e. The molecule has 1 atom stereocenters. The fourth-order valence-electron chi connectivity index (χ4n) is 3.86. The van der Waals surface area contributed by atoms with Crippen LogP contribution in [0.2, 0.25) is 5.02 Å². The van der Waals surface area contributed by atoms with E-state index in [1.807, 2.05) is 12.3 Å². The molecule has 124 valence electrons. The van der Waals surface area contributed by atoms with Crippen molar-refractivity contribution in [2.45, 2.75) is 18.8 Å². The summed E-state index contributed by atoms with van der Waals surface area (Å²) in [4.78, 5) is 4.84. The van der Waals surface area contributed by atoms with Gasteiger partial charge in [-0.25, -0.2) is 0 Å². The van der Waals surface area contributed by atoms with E-state index in [4.69, 9.17) is 16.6 Å². The maximum absolute atomic E-state index is 6.27. The third kappa shape index (κ3) is 3.10. The zero-order valence-electron chi connectivity index (χ0n) is 13.0. The number of rotatable bonds is 1. The highest BCUT2D eigenvalue weighted by Crippen LogP contribution is 2.45. The van der Waals surface area contributed by atoms with Gasteiger partial charge in [0, 0.05) is 31.7 Å². The molecule has 2 aromatic rings. The number of fused-ring (bicyclic) bond motifs is 2. The number of halogens is 3. The summed E-state index contributed by atoms with van der Waals surface area (Å²) in [5.41, 5.74) is 4.85. The summed E-state index contributed by atoms with van der Waals surface area (Å²) in [5.74, 6) is 0.888. The van der Waals surface area contributed by atoms with E-state index in [9.17, 15) is 0 Å². The minimum absolute atomic E-state index is 0.300. The summed E-state index contributed by atoms with van der Waals surface area (Å²) in [5, 5.41) is 4.25. The van der Waals surface area contributed by atoms with E-state index in [1.165, 1.54) is 29.5 Å². The molecule has 2 heterocycles. The van der Waals surface area contributed by atoms with Crippen molar-refractivity contribution in [1.82, 2.24) is 10.3 Å². The number of hydrogen-bond acceptors (Lipinski definition) is 2. The van der Waals surface area contributed by atoms with Gasteiger partial charge in [-0.05, 0) is 83.2 Å². The summed E-state index contributed by atoms with van der Waals surface area (Å²) in [7, 11) is 0. The molecule has 1 aliphatic carbocycles. The predicted molar refractivity (Wildman–Crippen MR) is 108 cm³/mol. The highest BCUT2D eigenvalue weighted by Gasteiger charge is 2.32. The minimum atomic E-state index is 0.300. The molecule has 0 bridgehead atoms. The lowest BCUT2D eigenvalue weighted by atomic mass is 9.76. The number of piperidine rings is 1. The van der Waals surface area contributed by atoms with Crippen molar-refractivity contribution in [2.24, 2.45) is 5.92 Å². The minimum Gasteiger partial charge on any atom is -0.317 e. The van der Waals surface area contributed by atoms with Gasteiger partial charge in [0.05, 0.1) is 5.69 Å². The summed E-state index contributed by atoms with van der Waals surface area (Å²) < 4.78 is 2.06. The lowest BCUT2D eigenvalue weighted by Gasteiger charge is -2.32. The molecule has 0 spiro atoms. The number of nitrogens with one attached hydrogen (secondary N) is 1. The number of pyridine rings is 1. The molecule has 0 radical (unpaired) electrons. The van der Waals surface area contributed by atoms with E-state index in [0.717, 1.165) is 32.8 Å². The number of aromatic nitrogens is 1. The van der Waals surface area contributed by atoms with Crippen LogP contribution in [-0.4, -0.2) is 18.1 Å². The van der Waals surface area contributed by atoms with Crippen LogP contribution in [0.5, 0.6) is 0 Å². The quantitative estimate of drug-likeness (QED) is 0.569. The second kappa shape index (κ2) is 6.91. The molecule has 1 aliphatic heterocycles. The van der Waals surface area contributed by atoms with Gasteiger partial charge in [-0.3, -0.25) is 4.98 Å². The Bertz CT molecular complexity index is 813. The highest BCUT2D eigenvalue weighted by atomic mass is 79.9. The van der Waals surface area contributed by atoms with E-state index in [-0.39, 0.29) is 0 Å². The topological polar surface area (TPSA) is 24.9 Å². The van der Waals surface area contributed by atoms with E-state index in [0.29, 0.717) is 11.8 Å². The third-order valence-corrected chi connectivity index (χ3v) is 6.28. The van der Waals surface area contributed by atoms with Crippen LogP contribution in [0.25, 0.3) is 10.6 Å². The Morgan fingerprint density at radius 1 is 1.12 bits per heavy atom. The molecule has 1 unspecified atom stereocenters. The van der Waals surface area contributed by atoms with Crippen LogP contribution in [0.1, 0.15) is 41.1 Å². The van der Waals surface area contributed by atoms with Crippen LogP contribution in [-0.2, 0) is 0 Å². The van der Waals surface area contributed by atoms with Crippen molar-refractivity contribution in [2.75, 3.05) is 13.1 Å². The first-order valence-electron chi connectivity index (χ1n) is 8.16. The molecule has 1 fully saturated rings. The largest absolute Gasteiger partial charge is 0.317 e. The monoisotopic (exact) mass is 466 g/mol. The second-order valence-corrected chi connectivity index (χ2v) is 8.62. The zero-order chi connectivity index (χ0) is 16.7. The first-order valence-corrected chi connectivity index (χ1v) is 10.1. The Morgan fingerprint density at radius 2 is 1.92 bits per heavy atom. The standard InChI is InChI=1S/C19H17Br2ClN2/c20-13-9-16-17(21)8-12-7-14(22)1-2-15(12)18(19(16)24-10-13)11-3-5-23-6-4-11/h1-2,7-11,18,23H,3-6H2. The summed E-state index contributed by atoms with van der Waals surface area (Å²) in [6, 6.07) is 8.40. The summed E-state index contributed by atoms with van der Waals surface area (Å²) in [6.07, 6.45) is 6.42. The molecule has 2 nitrogen and oxygen atoms in total. The lowest BCUT2D eigenvalue weighted by Crippen LogP contribution is -2.32. The average Bonchev–Trinajstić information content (AvgIpc) is 2.69. The van der Waals surface area contributed by atoms with Crippen molar-refractivity contribution in [3.8, 4) is 0 Å². The average molecular weight is 469 g/mol. The molecule has 24 heavy (non-hydrogen) atoms. The second-order valence-electron chi connectivity index (χ2n) is 6.42. The van der Waals surface area contributed by atoms with E-state index < -0.39 is 0 Å². The van der Waals surface area contributed by atoms with Gasteiger partial charge in [-0.2, -0.15) is 0 Å². The molecule has 4 rings (SSSR count). The SMILES string of the molecule is Clc1ccc2c(c1)C=C(Br)c1cc(Br)cnc1C2C1CCNCC1. The van der Waals surface area contributed by atoms with Gasteiger partial charge in [0.2, 0.25) is 0 Å². The van der Waals surface area contributed by atoms with Crippen molar-refractivity contribution in [1.29, 1.82) is 0 Å². The van der Waals surface area contributed by atoms with Crippen molar-refractivity contribution in [3.63, 3.8) is 0 Å². The zero-order valence-corrected chi connectivity index (χ0v) is 17.0. The highest BCUT2D eigenvalue weighted by molar-refractivity contribution is 9.15. The van der Waals surface area contributed by atoms with Gasteiger partial charge in [0.1, 0.15) is 0 Å². The Kier molecular flexibility index (Phi) is 4.83. The number of nitrogens with zero attached hydrogens (tertiary/aromatic N) is 1. The van der Waals surface area contributed by atoms with Crippen LogP contribution in [0.15, 0.2) is 34.9 Å². The Morgan fingerprint density at radius 3 is 2.71 bits per heavy atom. The van der Waals surface area contributed by atoms with Gasteiger partial charge in [0.15, 0.2) is 0 Å². The van der Waals surface area contributed by atoms with Crippen molar-refractivity contribution in [3.05, 3.63) is 62.3 Å². The number of hydrogen-bond donors (Lipinski definition) is 1. The van der Waals surface area contributed by atoms with Gasteiger partial charge in [-0.1, -0.05) is 33.6 Å². The maximum atomic E-state index is 6.27. The molecule has 1 N–H and O–H groups in total. The molecule has 1 aromatic carbocycles. The molecule has 5 heteroatoms. The Hall–Kier alpha value is -0.680. The van der Waals surface area contributed by atoms with Gasteiger partial charge in [-0.15, -0.1) is 0 Å². The molecule has 1 saturated heterocycles. The molecule has 0 saturated carbocycles. The van der Waals surface area contributed by atoms with Crippen molar-refractivity contribution >= 4 is 54.0 Å². The van der Waals surface area contributed by atoms with Crippen molar-refractivity contribution < 1.29 is 0 Å². The molecule has 0 amide bonds. The first kappa shape index (κ1) is 16.8. The number of benzene rings is 1. The molecular formula is C19H17Br2ClN2. The fourth-order valence-corrected chi connectivity index (χ4v) is 4.94. The van der Waals surface area contributed by atoms with Crippen LogP contribution < -0.4 is 5.32 Å². The van der Waals surface area contributed by atoms with E-state index >= 15 is 0 Å². The predicted octanol–water partition coefficient (Wildman–Crippen LogP) is 5.84. The Labute approximate surface area is 164 Å². The summed E-state index contributed by atoms with van der Waals surface area (Å²) >= 11 is 13.6. The van der Waals surface area contributed by atoms with Crippen LogP contribution >= 0.6 is 43.5 Å². The first-order chi connectivity index (χ1) is 11.6. The van der Waals surface area contributed by atoms with Gasteiger partial charge in [0.25, 0.3) is 0 Å². The van der Waals surface area contributed by atoms with Crippen LogP contribution in [0.4, 0.5) is 0 Å². The van der Waals surface area contributed by atoms with E-state index in [2.05, 4.69) is 61.5 Å². The lowest BCUT2D eigenvalue weighted by molar-refractivity contribution is 0.339. The Balaban J connectivity index is 1.94.